The maximum absolute atomic E-state index is 9.82. The van der Waals surface area contributed by atoms with Crippen molar-refractivity contribution in [2.45, 2.75) is 22.2 Å². The highest BCUT2D eigenvalue weighted by atomic mass is 79.9. The monoisotopic (exact) mass is 304 g/mol. The van der Waals surface area contributed by atoms with Crippen molar-refractivity contribution in [3.05, 3.63) is 35.4 Å². The quantitative estimate of drug-likeness (QED) is 0.791. The van der Waals surface area contributed by atoms with Crippen molar-refractivity contribution < 1.29 is 5.11 Å². The Bertz CT molecular complexity index is 312. The summed E-state index contributed by atoms with van der Waals surface area (Å²) in [4.78, 5) is 0. The van der Waals surface area contributed by atoms with Gasteiger partial charge in [-0.05, 0) is 17.5 Å². The van der Waals surface area contributed by atoms with Gasteiger partial charge in [0.1, 0.15) is 0 Å². The summed E-state index contributed by atoms with van der Waals surface area (Å²) in [5, 5.41) is 9.82. The molecule has 0 aromatic heterocycles. The minimum absolute atomic E-state index is 0.152. The molecule has 1 aromatic rings. The van der Waals surface area contributed by atoms with E-state index in [1.54, 1.807) is 0 Å². The molecule has 1 aromatic carbocycles. The number of rotatable bonds is 1. The summed E-state index contributed by atoms with van der Waals surface area (Å²) in [5.41, 5.74) is 2.53. The third kappa shape index (κ3) is 1.69. The minimum atomic E-state index is -0.263. The Kier molecular flexibility index (Phi) is 2.77. The summed E-state index contributed by atoms with van der Waals surface area (Å²) in [6.07, 6.45) is 0.510. The third-order valence-corrected chi connectivity index (χ3v) is 3.67. The number of benzene rings is 1. The first-order valence-corrected chi connectivity index (χ1v) is 6.07. The molecule has 1 nitrogen and oxygen atoms in total. The third-order valence-electron chi connectivity index (χ3n) is 2.53. The second kappa shape index (κ2) is 3.71. The van der Waals surface area contributed by atoms with Crippen LogP contribution in [0.3, 0.4) is 0 Å². The fourth-order valence-corrected chi connectivity index (χ4v) is 3.18. The number of fused-ring (bicyclic) bond motifs is 1. The highest BCUT2D eigenvalue weighted by molar-refractivity contribution is 9.24. The molecule has 0 aliphatic heterocycles. The van der Waals surface area contributed by atoms with Crippen molar-refractivity contribution in [1.29, 1.82) is 0 Å². The second-order valence-corrected chi connectivity index (χ2v) is 6.53. The van der Waals surface area contributed by atoms with E-state index in [9.17, 15) is 5.11 Å². The molecule has 1 aliphatic carbocycles. The summed E-state index contributed by atoms with van der Waals surface area (Å²) in [6.45, 7) is 0. The lowest BCUT2D eigenvalue weighted by atomic mass is 10.0. The maximum Gasteiger partial charge on any atom is 0.0791 e. The van der Waals surface area contributed by atoms with Crippen molar-refractivity contribution in [1.82, 2.24) is 0 Å². The first kappa shape index (κ1) is 9.69. The SMILES string of the molecule is O[C@H]1Cc2ccccc2[C@H]1C(Br)Br. The summed E-state index contributed by atoms with van der Waals surface area (Å²) >= 11 is 6.94. The normalized spacial score (nSPS) is 26.5. The van der Waals surface area contributed by atoms with E-state index >= 15 is 0 Å². The molecule has 1 N–H and O–H groups in total. The van der Waals surface area contributed by atoms with Gasteiger partial charge in [0.25, 0.3) is 0 Å². The predicted molar refractivity (Wildman–Crippen MR) is 60.5 cm³/mol. The van der Waals surface area contributed by atoms with E-state index in [-0.39, 0.29) is 15.8 Å². The van der Waals surface area contributed by atoms with Gasteiger partial charge in [-0.3, -0.25) is 0 Å². The molecule has 0 unspecified atom stereocenters. The van der Waals surface area contributed by atoms with E-state index in [1.807, 2.05) is 12.1 Å². The van der Waals surface area contributed by atoms with E-state index in [0.717, 1.165) is 6.42 Å². The second-order valence-electron chi connectivity index (χ2n) is 3.33. The average molecular weight is 306 g/mol. The molecule has 0 amide bonds. The Hall–Kier alpha value is 0.140. The average Bonchev–Trinajstić information content (AvgIpc) is 2.39. The van der Waals surface area contributed by atoms with Gasteiger partial charge in [-0.25, -0.2) is 0 Å². The zero-order chi connectivity index (χ0) is 9.42. The van der Waals surface area contributed by atoms with Gasteiger partial charge in [0, 0.05) is 5.92 Å². The van der Waals surface area contributed by atoms with Crippen LogP contribution in [0.2, 0.25) is 0 Å². The van der Waals surface area contributed by atoms with Gasteiger partial charge >= 0.3 is 0 Å². The van der Waals surface area contributed by atoms with E-state index in [4.69, 9.17) is 0 Å². The molecule has 0 spiro atoms. The fraction of sp³-hybridized carbons (Fsp3) is 0.400. The number of aliphatic hydroxyl groups is 1. The fourth-order valence-electron chi connectivity index (χ4n) is 1.91. The van der Waals surface area contributed by atoms with Crippen LogP contribution in [0.1, 0.15) is 17.0 Å². The topological polar surface area (TPSA) is 20.2 Å². The summed E-state index contributed by atoms with van der Waals surface area (Å²) < 4.78 is 0.152. The van der Waals surface area contributed by atoms with Gasteiger partial charge in [-0.15, -0.1) is 0 Å². The zero-order valence-corrected chi connectivity index (χ0v) is 10.1. The van der Waals surface area contributed by atoms with Crippen molar-refractivity contribution in [2.75, 3.05) is 0 Å². The predicted octanol–water partition coefficient (Wildman–Crippen LogP) is 2.80. The van der Waals surface area contributed by atoms with Crippen molar-refractivity contribution in [3.8, 4) is 0 Å². The van der Waals surface area contributed by atoms with Gasteiger partial charge in [-0.1, -0.05) is 56.1 Å². The van der Waals surface area contributed by atoms with Crippen LogP contribution in [0.5, 0.6) is 0 Å². The molecule has 0 radical (unpaired) electrons. The van der Waals surface area contributed by atoms with E-state index < -0.39 is 0 Å². The van der Waals surface area contributed by atoms with Crippen molar-refractivity contribution in [2.24, 2.45) is 0 Å². The van der Waals surface area contributed by atoms with Gasteiger partial charge < -0.3 is 5.11 Å². The number of hydrogen-bond acceptors (Lipinski definition) is 1. The molecule has 0 heterocycles. The first-order chi connectivity index (χ1) is 6.20. The molecule has 2 rings (SSSR count). The molecule has 70 valence electrons. The molecule has 2 atom stereocenters. The molecule has 0 saturated carbocycles. The smallest absolute Gasteiger partial charge is 0.0791 e. The highest BCUT2D eigenvalue weighted by Crippen LogP contribution is 2.40. The van der Waals surface area contributed by atoms with Crippen LogP contribution in [0.4, 0.5) is 0 Å². The standard InChI is InChI=1S/C10H10Br2O/c11-10(12)9-7-4-2-1-3-6(7)5-8(9)13/h1-4,8-10,13H,5H2/t8-,9+/m0/s1. The number of alkyl halides is 2. The summed E-state index contributed by atoms with van der Waals surface area (Å²) in [7, 11) is 0. The summed E-state index contributed by atoms with van der Waals surface area (Å²) in [6, 6.07) is 8.21. The molecule has 1 aliphatic rings. The van der Waals surface area contributed by atoms with Gasteiger partial charge in [0.05, 0.1) is 9.84 Å². The lowest BCUT2D eigenvalue weighted by molar-refractivity contribution is 0.163. The molecule has 13 heavy (non-hydrogen) atoms. The molecule has 0 fully saturated rings. The van der Waals surface area contributed by atoms with Crippen molar-refractivity contribution >= 4 is 31.9 Å². The number of halogens is 2. The van der Waals surface area contributed by atoms with E-state index in [0.29, 0.717) is 0 Å². The highest BCUT2D eigenvalue weighted by Gasteiger charge is 2.34. The lowest BCUT2D eigenvalue weighted by Gasteiger charge is -2.16. The zero-order valence-electron chi connectivity index (χ0n) is 6.95. The molecule has 0 bridgehead atoms. The van der Waals surface area contributed by atoms with Crippen LogP contribution in [0, 0.1) is 0 Å². The van der Waals surface area contributed by atoms with Crippen LogP contribution in [-0.2, 0) is 6.42 Å². The lowest BCUT2D eigenvalue weighted by Crippen LogP contribution is -2.18. The van der Waals surface area contributed by atoms with Crippen LogP contribution in [0.15, 0.2) is 24.3 Å². The van der Waals surface area contributed by atoms with Crippen LogP contribution in [-0.4, -0.2) is 14.9 Å². The summed E-state index contributed by atoms with van der Waals surface area (Å²) in [5.74, 6) is 0.177. The molecular weight excluding hydrogens is 296 g/mol. The number of hydrogen-bond donors (Lipinski definition) is 1. The largest absolute Gasteiger partial charge is 0.392 e. The Morgan fingerprint density at radius 3 is 2.69 bits per heavy atom. The van der Waals surface area contributed by atoms with Crippen LogP contribution >= 0.6 is 31.9 Å². The number of aliphatic hydroxyl groups excluding tert-OH is 1. The van der Waals surface area contributed by atoms with Crippen LogP contribution < -0.4 is 0 Å². The van der Waals surface area contributed by atoms with Gasteiger partial charge in [0.15, 0.2) is 0 Å². The first-order valence-electron chi connectivity index (χ1n) is 4.24. The molecule has 3 heteroatoms. The Labute approximate surface area is 94.4 Å². The van der Waals surface area contributed by atoms with Crippen LogP contribution in [0.25, 0.3) is 0 Å². The Morgan fingerprint density at radius 2 is 2.00 bits per heavy atom. The Morgan fingerprint density at radius 1 is 1.31 bits per heavy atom. The van der Waals surface area contributed by atoms with E-state index in [2.05, 4.69) is 44.0 Å². The Balaban J connectivity index is 2.40. The van der Waals surface area contributed by atoms with Crippen molar-refractivity contribution in [3.63, 3.8) is 0 Å². The van der Waals surface area contributed by atoms with Gasteiger partial charge in [-0.2, -0.15) is 0 Å². The maximum atomic E-state index is 9.82. The van der Waals surface area contributed by atoms with Gasteiger partial charge in [0.2, 0.25) is 0 Å². The molecular formula is C10H10Br2O. The minimum Gasteiger partial charge on any atom is -0.392 e. The van der Waals surface area contributed by atoms with E-state index in [1.165, 1.54) is 11.1 Å². The molecule has 0 saturated heterocycles.